The fraction of sp³-hybridized carbons (Fsp3) is 0.176. The fourth-order valence-electron chi connectivity index (χ4n) is 2.43. The van der Waals surface area contributed by atoms with Crippen LogP contribution in [0.15, 0.2) is 62.6 Å². The fourth-order valence-corrected chi connectivity index (χ4v) is 3.33. The van der Waals surface area contributed by atoms with Gasteiger partial charge in [0.25, 0.3) is 0 Å². The summed E-state index contributed by atoms with van der Waals surface area (Å²) in [5.41, 5.74) is 1.36. The van der Waals surface area contributed by atoms with Gasteiger partial charge in [0.2, 0.25) is 15.9 Å². The minimum absolute atomic E-state index is 0.123. The predicted octanol–water partition coefficient (Wildman–Crippen LogP) is 1.48. The summed E-state index contributed by atoms with van der Waals surface area (Å²) in [6.45, 7) is -0.215. The van der Waals surface area contributed by atoms with Crippen LogP contribution in [0.4, 0.5) is 5.69 Å². The average Bonchev–Trinajstić information content (AvgIpc) is 2.91. The molecule has 3 aromatic rings. The van der Waals surface area contributed by atoms with Crippen molar-refractivity contribution in [1.29, 1.82) is 0 Å². The zero-order valence-electron chi connectivity index (χ0n) is 14.2. The second-order valence-corrected chi connectivity index (χ2v) is 7.93. The maximum atomic E-state index is 12.2. The lowest BCUT2D eigenvalue weighted by molar-refractivity contribution is -0.116. The molecule has 3 rings (SSSR count). The number of benzene rings is 2. The number of sulfonamides is 1. The Balaban J connectivity index is 1.76. The Bertz CT molecular complexity index is 1110. The second kappa shape index (κ2) is 6.77. The molecule has 8 nitrogen and oxygen atoms in total. The molecule has 0 unspecified atom stereocenters. The van der Waals surface area contributed by atoms with Crippen LogP contribution in [-0.4, -0.2) is 37.3 Å². The van der Waals surface area contributed by atoms with Crippen molar-refractivity contribution in [2.45, 2.75) is 11.4 Å². The van der Waals surface area contributed by atoms with Crippen molar-refractivity contribution in [3.8, 4) is 0 Å². The Morgan fingerprint density at radius 2 is 1.77 bits per heavy atom. The van der Waals surface area contributed by atoms with Crippen LogP contribution in [-0.2, 0) is 21.4 Å². The Hall–Kier alpha value is -2.91. The lowest BCUT2D eigenvalue weighted by Crippen LogP contribution is -2.25. The Kier molecular flexibility index (Phi) is 4.66. The van der Waals surface area contributed by atoms with E-state index in [1.807, 2.05) is 0 Å². The monoisotopic (exact) mass is 375 g/mol. The number of nitrogens with zero attached hydrogens (tertiary/aromatic N) is 2. The largest absolute Gasteiger partial charge is 0.420 e. The Labute approximate surface area is 149 Å². The van der Waals surface area contributed by atoms with E-state index in [-0.39, 0.29) is 11.4 Å². The number of aromatic nitrogens is 1. The highest BCUT2D eigenvalue weighted by Crippen LogP contribution is 2.17. The number of hydrogen-bond acceptors (Lipinski definition) is 5. The van der Waals surface area contributed by atoms with Gasteiger partial charge in [0, 0.05) is 19.8 Å². The zero-order valence-corrected chi connectivity index (χ0v) is 15.0. The van der Waals surface area contributed by atoms with Crippen LogP contribution >= 0.6 is 0 Å². The van der Waals surface area contributed by atoms with Crippen LogP contribution in [0.5, 0.6) is 0 Å². The standard InChI is InChI=1S/C17H17N3O5S/c1-19(2)26(23,24)13-9-7-12(8-10-13)18-16(21)11-20-14-5-3-4-6-15(14)25-17(20)22/h3-10H,11H2,1-2H3,(H,18,21). The number of fused-ring (bicyclic) bond motifs is 1. The minimum Gasteiger partial charge on any atom is -0.408 e. The van der Waals surface area contributed by atoms with Gasteiger partial charge in [-0.25, -0.2) is 17.5 Å². The number of amides is 1. The van der Waals surface area contributed by atoms with E-state index in [4.69, 9.17) is 4.42 Å². The molecular formula is C17H17N3O5S. The highest BCUT2D eigenvalue weighted by molar-refractivity contribution is 7.89. The molecule has 0 bridgehead atoms. The second-order valence-electron chi connectivity index (χ2n) is 5.78. The van der Waals surface area contributed by atoms with E-state index >= 15 is 0 Å². The van der Waals surface area contributed by atoms with Crippen LogP contribution in [0.25, 0.3) is 11.1 Å². The van der Waals surface area contributed by atoms with Gasteiger partial charge in [-0.15, -0.1) is 0 Å². The number of rotatable bonds is 5. The first-order valence-electron chi connectivity index (χ1n) is 7.70. The summed E-state index contributed by atoms with van der Waals surface area (Å²) < 4.78 is 31.5. The third-order valence-corrected chi connectivity index (χ3v) is 5.62. The number of carbonyl (C=O) groups is 1. The van der Waals surface area contributed by atoms with Crippen LogP contribution in [0.1, 0.15) is 0 Å². The summed E-state index contributed by atoms with van der Waals surface area (Å²) >= 11 is 0. The van der Waals surface area contributed by atoms with Crippen molar-refractivity contribution in [2.75, 3.05) is 19.4 Å². The molecule has 1 aromatic heterocycles. The lowest BCUT2D eigenvalue weighted by atomic mass is 10.3. The molecule has 0 aliphatic heterocycles. The van der Waals surface area contributed by atoms with Crippen molar-refractivity contribution in [3.05, 3.63) is 59.1 Å². The normalized spacial score (nSPS) is 11.8. The van der Waals surface area contributed by atoms with E-state index in [0.29, 0.717) is 16.8 Å². The molecule has 0 atom stereocenters. The van der Waals surface area contributed by atoms with Gasteiger partial charge in [-0.05, 0) is 36.4 Å². The van der Waals surface area contributed by atoms with Gasteiger partial charge in [-0.3, -0.25) is 9.36 Å². The number of para-hydroxylation sites is 2. The predicted molar refractivity (Wildman–Crippen MR) is 96.4 cm³/mol. The van der Waals surface area contributed by atoms with Gasteiger partial charge < -0.3 is 9.73 Å². The van der Waals surface area contributed by atoms with Crippen LogP contribution in [0.2, 0.25) is 0 Å². The quantitative estimate of drug-likeness (QED) is 0.728. The molecule has 0 saturated heterocycles. The molecule has 0 aliphatic carbocycles. The summed E-state index contributed by atoms with van der Waals surface area (Å²) in [7, 11) is -0.645. The molecule has 0 fully saturated rings. The highest BCUT2D eigenvalue weighted by Gasteiger charge is 2.17. The molecule has 2 aromatic carbocycles. The summed E-state index contributed by atoms with van der Waals surface area (Å²) in [6, 6.07) is 12.6. The van der Waals surface area contributed by atoms with Crippen molar-refractivity contribution in [3.63, 3.8) is 0 Å². The van der Waals surface area contributed by atoms with E-state index in [2.05, 4.69) is 5.32 Å². The third kappa shape index (κ3) is 3.39. The van der Waals surface area contributed by atoms with E-state index < -0.39 is 21.7 Å². The highest BCUT2D eigenvalue weighted by atomic mass is 32.2. The topological polar surface area (TPSA) is 102 Å². The molecule has 0 spiro atoms. The molecule has 9 heteroatoms. The van der Waals surface area contributed by atoms with Gasteiger partial charge in [0.1, 0.15) is 6.54 Å². The SMILES string of the molecule is CN(C)S(=O)(=O)c1ccc(NC(=O)Cn2c(=O)oc3ccccc32)cc1. The van der Waals surface area contributed by atoms with E-state index in [0.717, 1.165) is 4.31 Å². The van der Waals surface area contributed by atoms with Crippen LogP contribution in [0.3, 0.4) is 0 Å². The molecule has 136 valence electrons. The summed E-state index contributed by atoms with van der Waals surface area (Å²) in [5, 5.41) is 2.63. The molecule has 26 heavy (non-hydrogen) atoms. The molecule has 0 radical (unpaired) electrons. The Morgan fingerprint density at radius 1 is 1.12 bits per heavy atom. The molecule has 1 heterocycles. The van der Waals surface area contributed by atoms with Gasteiger partial charge >= 0.3 is 5.76 Å². The van der Waals surface area contributed by atoms with Crippen molar-refractivity contribution in [2.24, 2.45) is 0 Å². The van der Waals surface area contributed by atoms with Crippen LogP contribution < -0.4 is 11.1 Å². The van der Waals surface area contributed by atoms with Gasteiger partial charge in [0.05, 0.1) is 10.4 Å². The average molecular weight is 375 g/mol. The van der Waals surface area contributed by atoms with Gasteiger partial charge in [-0.2, -0.15) is 0 Å². The van der Waals surface area contributed by atoms with Gasteiger partial charge in [-0.1, -0.05) is 12.1 Å². The van der Waals surface area contributed by atoms with Crippen molar-refractivity contribution >= 4 is 32.7 Å². The van der Waals surface area contributed by atoms with Crippen molar-refractivity contribution in [1.82, 2.24) is 8.87 Å². The summed E-state index contributed by atoms with van der Waals surface area (Å²) in [6.07, 6.45) is 0. The van der Waals surface area contributed by atoms with E-state index in [9.17, 15) is 18.0 Å². The number of nitrogens with one attached hydrogen (secondary N) is 1. The maximum absolute atomic E-state index is 12.2. The van der Waals surface area contributed by atoms with Gasteiger partial charge in [0.15, 0.2) is 5.58 Å². The number of carbonyl (C=O) groups excluding carboxylic acids is 1. The molecular weight excluding hydrogens is 358 g/mol. The smallest absolute Gasteiger partial charge is 0.408 e. The van der Waals surface area contributed by atoms with E-state index in [1.165, 1.54) is 42.9 Å². The maximum Gasteiger partial charge on any atom is 0.420 e. The first kappa shape index (κ1) is 17.9. The zero-order chi connectivity index (χ0) is 18.9. The summed E-state index contributed by atoms with van der Waals surface area (Å²) in [5.74, 6) is -1.05. The minimum atomic E-state index is -3.53. The number of oxazole rings is 1. The molecule has 0 saturated carbocycles. The number of hydrogen-bond donors (Lipinski definition) is 1. The van der Waals surface area contributed by atoms with Crippen molar-refractivity contribution < 1.29 is 17.6 Å². The third-order valence-electron chi connectivity index (χ3n) is 3.79. The lowest BCUT2D eigenvalue weighted by Gasteiger charge is -2.12. The Morgan fingerprint density at radius 3 is 2.42 bits per heavy atom. The first-order chi connectivity index (χ1) is 12.3. The summed E-state index contributed by atoms with van der Waals surface area (Å²) in [4.78, 5) is 24.2. The molecule has 0 aliphatic rings. The number of anilines is 1. The first-order valence-corrected chi connectivity index (χ1v) is 9.14. The molecule has 1 N–H and O–H groups in total. The van der Waals surface area contributed by atoms with Crippen LogP contribution in [0, 0.1) is 0 Å². The molecule has 1 amide bonds. The van der Waals surface area contributed by atoms with E-state index in [1.54, 1.807) is 24.3 Å².